The minimum Gasteiger partial charge on any atom is -0.354 e. The summed E-state index contributed by atoms with van der Waals surface area (Å²) in [6, 6.07) is 10.2. The lowest BCUT2D eigenvalue weighted by atomic mass is 10.2. The van der Waals surface area contributed by atoms with Gasteiger partial charge in [-0.05, 0) is 24.6 Å². The Kier molecular flexibility index (Phi) is 4.36. The molecule has 1 aromatic heterocycles. The van der Waals surface area contributed by atoms with Crippen molar-refractivity contribution in [2.75, 3.05) is 31.1 Å². The average Bonchev–Trinajstić information content (AvgIpc) is 2.48. The first-order chi connectivity index (χ1) is 10.2. The second-order valence-corrected chi connectivity index (χ2v) is 5.85. The molecule has 0 amide bonds. The van der Waals surface area contributed by atoms with Crippen molar-refractivity contribution in [1.82, 2.24) is 14.9 Å². The second kappa shape index (κ2) is 6.41. The van der Waals surface area contributed by atoms with E-state index in [4.69, 9.17) is 11.6 Å². The van der Waals surface area contributed by atoms with Gasteiger partial charge in [-0.1, -0.05) is 23.7 Å². The number of aryl methyl sites for hydroxylation is 1. The molecule has 0 aliphatic carbocycles. The van der Waals surface area contributed by atoms with E-state index in [1.165, 1.54) is 5.56 Å². The van der Waals surface area contributed by atoms with E-state index in [1.807, 2.05) is 31.2 Å². The predicted octanol–water partition coefficient (Wildman–Crippen LogP) is 2.76. The largest absolute Gasteiger partial charge is 0.354 e. The topological polar surface area (TPSA) is 32.3 Å². The van der Waals surface area contributed by atoms with Crippen molar-refractivity contribution in [2.45, 2.75) is 13.5 Å². The molecule has 0 bridgehead atoms. The van der Waals surface area contributed by atoms with E-state index in [-0.39, 0.29) is 0 Å². The Morgan fingerprint density at radius 1 is 1.10 bits per heavy atom. The lowest BCUT2D eigenvalue weighted by Gasteiger charge is -2.35. The second-order valence-electron chi connectivity index (χ2n) is 5.41. The third-order valence-corrected chi connectivity index (χ3v) is 4.02. The lowest BCUT2D eigenvalue weighted by molar-refractivity contribution is 0.249. The monoisotopic (exact) mass is 302 g/mol. The number of nitrogens with zero attached hydrogens (tertiary/aromatic N) is 4. The molecule has 1 fully saturated rings. The normalized spacial score (nSPS) is 16.2. The fourth-order valence-corrected chi connectivity index (χ4v) is 2.85. The van der Waals surface area contributed by atoms with E-state index in [0.717, 1.165) is 49.3 Å². The SMILES string of the molecule is Cc1cc(N2CCN(Cc3cccc(Cl)c3)CC2)ncn1. The molecule has 0 atom stereocenters. The van der Waals surface area contributed by atoms with Gasteiger partial charge in [-0.15, -0.1) is 0 Å². The summed E-state index contributed by atoms with van der Waals surface area (Å²) in [6.07, 6.45) is 1.64. The van der Waals surface area contributed by atoms with Gasteiger partial charge >= 0.3 is 0 Å². The number of aromatic nitrogens is 2. The molecular weight excluding hydrogens is 284 g/mol. The molecule has 2 aromatic rings. The van der Waals surface area contributed by atoms with Crippen LogP contribution < -0.4 is 4.90 Å². The van der Waals surface area contributed by atoms with E-state index in [2.05, 4.69) is 25.8 Å². The van der Waals surface area contributed by atoms with Gasteiger partial charge in [-0.25, -0.2) is 9.97 Å². The van der Waals surface area contributed by atoms with Gasteiger partial charge in [0.15, 0.2) is 0 Å². The van der Waals surface area contributed by atoms with E-state index in [9.17, 15) is 0 Å². The van der Waals surface area contributed by atoms with Crippen molar-refractivity contribution < 1.29 is 0 Å². The van der Waals surface area contributed by atoms with Gasteiger partial charge in [-0.2, -0.15) is 0 Å². The Balaban J connectivity index is 1.58. The van der Waals surface area contributed by atoms with Gasteiger partial charge in [0.2, 0.25) is 0 Å². The number of anilines is 1. The van der Waals surface area contributed by atoms with Gasteiger partial charge in [0.25, 0.3) is 0 Å². The smallest absolute Gasteiger partial charge is 0.132 e. The minimum atomic E-state index is 0.808. The van der Waals surface area contributed by atoms with E-state index in [0.29, 0.717) is 0 Å². The molecule has 0 saturated carbocycles. The van der Waals surface area contributed by atoms with Gasteiger partial charge in [0, 0.05) is 49.5 Å². The van der Waals surface area contributed by atoms with Crippen molar-refractivity contribution in [2.24, 2.45) is 0 Å². The number of hydrogen-bond acceptors (Lipinski definition) is 4. The Hall–Kier alpha value is -1.65. The summed E-state index contributed by atoms with van der Waals surface area (Å²) >= 11 is 6.04. The molecule has 0 spiro atoms. The molecule has 1 aliphatic heterocycles. The first-order valence-electron chi connectivity index (χ1n) is 7.21. The molecule has 1 aromatic carbocycles. The number of hydrogen-bond donors (Lipinski definition) is 0. The van der Waals surface area contributed by atoms with Crippen molar-refractivity contribution >= 4 is 17.4 Å². The number of piperazine rings is 1. The molecule has 0 unspecified atom stereocenters. The van der Waals surface area contributed by atoms with E-state index < -0.39 is 0 Å². The Bertz CT molecular complexity index is 609. The van der Waals surface area contributed by atoms with Crippen LogP contribution in [0.3, 0.4) is 0 Å². The summed E-state index contributed by atoms with van der Waals surface area (Å²) in [5.74, 6) is 1.03. The van der Waals surface area contributed by atoms with Crippen LogP contribution >= 0.6 is 11.6 Å². The summed E-state index contributed by atoms with van der Waals surface area (Å²) < 4.78 is 0. The maximum Gasteiger partial charge on any atom is 0.132 e. The summed E-state index contributed by atoms with van der Waals surface area (Å²) in [6.45, 7) is 7.02. The highest BCUT2D eigenvalue weighted by atomic mass is 35.5. The zero-order valence-electron chi connectivity index (χ0n) is 12.2. The zero-order valence-corrected chi connectivity index (χ0v) is 12.9. The van der Waals surface area contributed by atoms with Crippen LogP contribution in [0.15, 0.2) is 36.7 Å². The van der Waals surface area contributed by atoms with Crippen molar-refractivity contribution in [3.05, 3.63) is 52.9 Å². The molecule has 5 heteroatoms. The van der Waals surface area contributed by atoms with Crippen LogP contribution in [0.25, 0.3) is 0 Å². The van der Waals surface area contributed by atoms with Crippen LogP contribution in [0.2, 0.25) is 5.02 Å². The van der Waals surface area contributed by atoms with Crippen LogP contribution in [0, 0.1) is 6.92 Å². The quantitative estimate of drug-likeness (QED) is 0.873. The van der Waals surface area contributed by atoms with Crippen molar-refractivity contribution in [1.29, 1.82) is 0 Å². The third-order valence-electron chi connectivity index (χ3n) is 3.78. The standard InChI is InChI=1S/C16H19ClN4/c1-13-9-16(19-12-18-13)21-7-5-20(6-8-21)11-14-3-2-4-15(17)10-14/h2-4,9-10,12H,5-8,11H2,1H3. The molecule has 0 radical (unpaired) electrons. The highest BCUT2D eigenvalue weighted by Crippen LogP contribution is 2.16. The van der Waals surface area contributed by atoms with Crippen LogP contribution in [0.5, 0.6) is 0 Å². The zero-order chi connectivity index (χ0) is 14.7. The van der Waals surface area contributed by atoms with Crippen LogP contribution in [-0.4, -0.2) is 41.0 Å². The minimum absolute atomic E-state index is 0.808. The Morgan fingerprint density at radius 2 is 1.90 bits per heavy atom. The Morgan fingerprint density at radius 3 is 2.62 bits per heavy atom. The fourth-order valence-electron chi connectivity index (χ4n) is 2.64. The number of rotatable bonds is 3. The molecule has 4 nitrogen and oxygen atoms in total. The van der Waals surface area contributed by atoms with Crippen LogP contribution in [-0.2, 0) is 6.54 Å². The number of halogens is 1. The summed E-state index contributed by atoms with van der Waals surface area (Å²) in [7, 11) is 0. The summed E-state index contributed by atoms with van der Waals surface area (Å²) in [5.41, 5.74) is 2.29. The van der Waals surface area contributed by atoms with Crippen LogP contribution in [0.4, 0.5) is 5.82 Å². The maximum absolute atomic E-state index is 6.04. The van der Waals surface area contributed by atoms with E-state index >= 15 is 0 Å². The molecule has 1 saturated heterocycles. The highest BCUT2D eigenvalue weighted by molar-refractivity contribution is 6.30. The van der Waals surface area contributed by atoms with Crippen molar-refractivity contribution in [3.63, 3.8) is 0 Å². The van der Waals surface area contributed by atoms with Gasteiger partial charge in [0.1, 0.15) is 12.1 Å². The fraction of sp³-hybridized carbons (Fsp3) is 0.375. The molecule has 3 rings (SSSR count). The average molecular weight is 303 g/mol. The maximum atomic E-state index is 6.04. The third kappa shape index (κ3) is 3.71. The molecule has 0 N–H and O–H groups in total. The summed E-state index contributed by atoms with van der Waals surface area (Å²) in [4.78, 5) is 13.3. The summed E-state index contributed by atoms with van der Waals surface area (Å²) in [5, 5.41) is 0.808. The Labute approximate surface area is 130 Å². The van der Waals surface area contributed by atoms with Gasteiger partial charge in [-0.3, -0.25) is 4.90 Å². The number of benzene rings is 1. The highest BCUT2D eigenvalue weighted by Gasteiger charge is 2.18. The molecule has 2 heterocycles. The lowest BCUT2D eigenvalue weighted by Crippen LogP contribution is -2.46. The first kappa shape index (κ1) is 14.3. The van der Waals surface area contributed by atoms with Crippen LogP contribution in [0.1, 0.15) is 11.3 Å². The van der Waals surface area contributed by atoms with E-state index in [1.54, 1.807) is 6.33 Å². The van der Waals surface area contributed by atoms with Gasteiger partial charge < -0.3 is 4.90 Å². The molecule has 110 valence electrons. The molecule has 1 aliphatic rings. The molecule has 21 heavy (non-hydrogen) atoms. The molecular formula is C16H19ClN4. The predicted molar refractivity (Wildman–Crippen MR) is 85.7 cm³/mol. The first-order valence-corrected chi connectivity index (χ1v) is 7.59. The van der Waals surface area contributed by atoms with Gasteiger partial charge in [0.05, 0.1) is 0 Å². The van der Waals surface area contributed by atoms with Crippen molar-refractivity contribution in [3.8, 4) is 0 Å².